The number of rotatable bonds is 2. The van der Waals surface area contributed by atoms with Gasteiger partial charge in [-0.2, -0.15) is 0 Å². The van der Waals surface area contributed by atoms with E-state index in [1.165, 1.54) is 6.42 Å². The maximum absolute atomic E-state index is 11.3. The van der Waals surface area contributed by atoms with Crippen molar-refractivity contribution in [3.05, 3.63) is 12.4 Å². The highest BCUT2D eigenvalue weighted by Gasteiger charge is 2.41. The first-order valence-corrected chi connectivity index (χ1v) is 8.37. The summed E-state index contributed by atoms with van der Waals surface area (Å²) in [6.07, 6.45) is 6.60. The molecule has 7 heteroatoms. The number of hydrogen-bond donors (Lipinski definition) is 1. The zero-order valence-corrected chi connectivity index (χ0v) is 11.7. The zero-order chi connectivity index (χ0) is 13.6. The molecule has 0 aromatic carbocycles. The molecule has 2 N–H and O–H groups in total. The molecular weight excluding hydrogens is 264 g/mol. The van der Waals surface area contributed by atoms with Crippen LogP contribution in [0.1, 0.15) is 12.8 Å². The largest absolute Gasteiger partial charge is 0.368 e. The van der Waals surface area contributed by atoms with Crippen molar-refractivity contribution >= 4 is 15.5 Å². The highest BCUT2D eigenvalue weighted by Crippen LogP contribution is 2.38. The molecular formula is C12H18N4O2S. The van der Waals surface area contributed by atoms with Gasteiger partial charge in [0.15, 0.2) is 0 Å². The van der Waals surface area contributed by atoms with Gasteiger partial charge in [0, 0.05) is 25.4 Å². The van der Waals surface area contributed by atoms with Crippen molar-refractivity contribution in [2.75, 3.05) is 24.2 Å². The summed E-state index contributed by atoms with van der Waals surface area (Å²) in [5.41, 5.74) is 6.99. The smallest absolute Gasteiger partial charge is 0.246 e. The van der Waals surface area contributed by atoms with Gasteiger partial charge in [-0.05, 0) is 24.7 Å². The Bertz CT molecular complexity index is 572. The number of anilines is 1. The van der Waals surface area contributed by atoms with Gasteiger partial charge in [0.25, 0.3) is 0 Å². The minimum atomic E-state index is -3.33. The van der Waals surface area contributed by atoms with Gasteiger partial charge in [0.2, 0.25) is 15.0 Å². The molecule has 1 saturated heterocycles. The molecule has 1 aliphatic heterocycles. The third kappa shape index (κ3) is 2.32. The molecule has 2 fully saturated rings. The second kappa shape index (κ2) is 4.42. The van der Waals surface area contributed by atoms with E-state index >= 15 is 0 Å². The highest BCUT2D eigenvalue weighted by atomic mass is 32.2. The second-order valence-corrected chi connectivity index (χ2v) is 7.48. The summed E-state index contributed by atoms with van der Waals surface area (Å²) in [7, 11) is -3.33. The van der Waals surface area contributed by atoms with Gasteiger partial charge in [-0.15, -0.1) is 0 Å². The first-order valence-electron chi connectivity index (χ1n) is 6.48. The summed E-state index contributed by atoms with van der Waals surface area (Å²) < 4.78 is 22.6. The van der Waals surface area contributed by atoms with Gasteiger partial charge < -0.3 is 10.6 Å². The van der Waals surface area contributed by atoms with E-state index < -0.39 is 9.84 Å². The van der Waals surface area contributed by atoms with Crippen LogP contribution < -0.4 is 10.6 Å². The topological polar surface area (TPSA) is 89.2 Å². The van der Waals surface area contributed by atoms with Crippen LogP contribution in [0, 0.1) is 11.8 Å². The molecule has 0 spiro atoms. The van der Waals surface area contributed by atoms with E-state index in [1.54, 1.807) is 12.4 Å². The van der Waals surface area contributed by atoms with E-state index in [2.05, 4.69) is 14.9 Å². The average Bonchev–Trinajstić information content (AvgIpc) is 2.91. The van der Waals surface area contributed by atoms with E-state index in [-0.39, 0.29) is 5.16 Å². The lowest BCUT2D eigenvalue weighted by atomic mass is 9.98. The summed E-state index contributed by atoms with van der Waals surface area (Å²) in [6, 6.07) is 0.297. The van der Waals surface area contributed by atoms with Crippen molar-refractivity contribution < 1.29 is 8.42 Å². The number of fused-ring (bicyclic) bond motifs is 1. The number of hydrogen-bond acceptors (Lipinski definition) is 6. The van der Waals surface area contributed by atoms with Crippen molar-refractivity contribution in [1.29, 1.82) is 0 Å². The predicted octanol–water partition coefficient (Wildman–Crippen LogP) is 0.0536. The van der Waals surface area contributed by atoms with Gasteiger partial charge in [-0.25, -0.2) is 18.4 Å². The van der Waals surface area contributed by atoms with E-state index in [0.717, 1.165) is 31.5 Å². The van der Waals surface area contributed by atoms with Crippen molar-refractivity contribution in [2.24, 2.45) is 17.6 Å². The summed E-state index contributed by atoms with van der Waals surface area (Å²) in [5.74, 6) is 1.21. The number of nitrogens with two attached hydrogens (primary N) is 1. The average molecular weight is 282 g/mol. The highest BCUT2D eigenvalue weighted by molar-refractivity contribution is 7.90. The molecule has 6 nitrogen and oxygen atoms in total. The van der Waals surface area contributed by atoms with Crippen LogP contribution in [0.25, 0.3) is 0 Å². The molecule has 1 aliphatic carbocycles. The van der Waals surface area contributed by atoms with Gasteiger partial charge in [0.1, 0.15) is 0 Å². The van der Waals surface area contributed by atoms with E-state index in [0.29, 0.717) is 17.9 Å². The molecule has 19 heavy (non-hydrogen) atoms. The van der Waals surface area contributed by atoms with E-state index in [4.69, 9.17) is 5.73 Å². The molecule has 104 valence electrons. The van der Waals surface area contributed by atoms with Crippen molar-refractivity contribution in [3.63, 3.8) is 0 Å². The minimum absolute atomic E-state index is 0.118. The van der Waals surface area contributed by atoms with Crippen molar-refractivity contribution in [3.8, 4) is 0 Å². The molecule has 3 atom stereocenters. The van der Waals surface area contributed by atoms with Crippen LogP contribution in [0.3, 0.4) is 0 Å². The maximum atomic E-state index is 11.3. The van der Waals surface area contributed by atoms with Crippen molar-refractivity contribution in [2.45, 2.75) is 24.0 Å². The maximum Gasteiger partial charge on any atom is 0.246 e. The summed E-state index contributed by atoms with van der Waals surface area (Å²) >= 11 is 0. The Balaban J connectivity index is 1.78. The summed E-state index contributed by atoms with van der Waals surface area (Å²) in [4.78, 5) is 10.1. The SMILES string of the molecule is CS(=O)(=O)c1ncc(N2CC3CCC(N)C3C2)cn1. The summed E-state index contributed by atoms with van der Waals surface area (Å²) in [6.45, 7) is 1.90. The molecule has 2 aliphatic rings. The van der Waals surface area contributed by atoms with Crippen LogP contribution in [0.2, 0.25) is 0 Å². The van der Waals surface area contributed by atoms with Gasteiger partial charge in [0.05, 0.1) is 18.1 Å². The van der Waals surface area contributed by atoms with Gasteiger partial charge >= 0.3 is 0 Å². The lowest BCUT2D eigenvalue weighted by Gasteiger charge is -2.19. The standard InChI is InChI=1S/C12H18N4O2S/c1-19(17,18)12-14-4-9(5-15-12)16-6-8-2-3-11(13)10(8)7-16/h4-5,8,10-11H,2-3,6-7,13H2,1H3. The van der Waals surface area contributed by atoms with Crippen LogP contribution in [-0.2, 0) is 9.84 Å². The molecule has 3 rings (SSSR count). The molecule has 0 radical (unpaired) electrons. The van der Waals surface area contributed by atoms with Crippen LogP contribution >= 0.6 is 0 Å². The first kappa shape index (κ1) is 12.8. The Labute approximate surface area is 113 Å². The Morgan fingerprint density at radius 1 is 1.26 bits per heavy atom. The predicted molar refractivity (Wildman–Crippen MR) is 71.5 cm³/mol. The third-order valence-corrected chi connectivity index (χ3v) is 5.10. The van der Waals surface area contributed by atoms with Crippen LogP contribution in [0.15, 0.2) is 17.6 Å². The number of sulfone groups is 1. The molecule has 1 aromatic rings. The zero-order valence-electron chi connectivity index (χ0n) is 10.9. The molecule has 1 aromatic heterocycles. The molecule has 3 unspecified atom stereocenters. The normalized spacial score (nSPS) is 30.6. The molecule has 0 amide bonds. The molecule has 2 heterocycles. The fraction of sp³-hybridized carbons (Fsp3) is 0.667. The quantitative estimate of drug-likeness (QED) is 0.771. The summed E-state index contributed by atoms with van der Waals surface area (Å²) in [5, 5.41) is -0.118. The van der Waals surface area contributed by atoms with Crippen LogP contribution in [0.4, 0.5) is 5.69 Å². The van der Waals surface area contributed by atoms with E-state index in [9.17, 15) is 8.42 Å². The fourth-order valence-electron chi connectivity index (χ4n) is 3.18. The third-order valence-electron chi connectivity index (χ3n) is 4.22. The van der Waals surface area contributed by atoms with Crippen LogP contribution in [-0.4, -0.2) is 43.8 Å². The van der Waals surface area contributed by atoms with E-state index in [1.807, 2.05) is 0 Å². The Morgan fingerprint density at radius 3 is 2.53 bits per heavy atom. The lowest BCUT2D eigenvalue weighted by molar-refractivity contribution is 0.453. The molecule has 0 bridgehead atoms. The Morgan fingerprint density at radius 2 is 1.95 bits per heavy atom. The lowest BCUT2D eigenvalue weighted by Crippen LogP contribution is -2.30. The monoisotopic (exact) mass is 282 g/mol. The van der Waals surface area contributed by atoms with Crippen LogP contribution in [0.5, 0.6) is 0 Å². The first-order chi connectivity index (χ1) is 8.95. The fourth-order valence-corrected chi connectivity index (χ4v) is 3.67. The van der Waals surface area contributed by atoms with Gasteiger partial charge in [-0.3, -0.25) is 0 Å². The Kier molecular flexibility index (Phi) is 2.98. The number of nitrogens with zero attached hydrogens (tertiary/aromatic N) is 3. The second-order valence-electron chi connectivity index (χ2n) is 5.57. The van der Waals surface area contributed by atoms with Crippen molar-refractivity contribution in [1.82, 2.24) is 9.97 Å². The number of aromatic nitrogens is 2. The minimum Gasteiger partial charge on any atom is -0.368 e. The van der Waals surface area contributed by atoms with Gasteiger partial charge in [-0.1, -0.05) is 0 Å². The molecule has 1 saturated carbocycles. The Hall–Kier alpha value is -1.21.